The van der Waals surface area contributed by atoms with Crippen molar-refractivity contribution in [3.05, 3.63) is 66.5 Å². The van der Waals surface area contributed by atoms with Crippen molar-refractivity contribution in [2.45, 2.75) is 51.5 Å². The Kier molecular flexibility index (Phi) is 9.43. The van der Waals surface area contributed by atoms with E-state index in [0.29, 0.717) is 12.2 Å². The number of carboxylic acids is 1. The lowest BCUT2D eigenvalue weighted by atomic mass is 9.97. The van der Waals surface area contributed by atoms with Crippen LogP contribution in [-0.2, 0) is 16.0 Å². The number of carboxylic acid groups (broad SMARTS) is 1. The number of ether oxygens (including phenoxy) is 1. The number of rotatable bonds is 13. The molecule has 0 spiro atoms. The predicted octanol–water partition coefficient (Wildman–Crippen LogP) is 4.57. The summed E-state index contributed by atoms with van der Waals surface area (Å²) in [6, 6.07) is 15.0. The van der Waals surface area contributed by atoms with Crippen LogP contribution in [0, 0.1) is 5.92 Å². The third-order valence-electron chi connectivity index (χ3n) is 6.88. The van der Waals surface area contributed by atoms with Crippen molar-refractivity contribution in [1.29, 1.82) is 0 Å². The molecule has 2 aromatic carbocycles. The van der Waals surface area contributed by atoms with Crippen LogP contribution >= 0.6 is 0 Å². The molecule has 1 amide bonds. The molecule has 8 heteroatoms. The Morgan fingerprint density at radius 1 is 0.947 bits per heavy atom. The zero-order chi connectivity index (χ0) is 26.9. The minimum atomic E-state index is -0.875. The second-order valence-electron chi connectivity index (χ2n) is 9.87. The number of nitrogens with two attached hydrogens (primary N) is 1. The Morgan fingerprint density at radius 3 is 2.21 bits per heavy atom. The molecule has 1 aliphatic heterocycles. The van der Waals surface area contributed by atoms with Crippen molar-refractivity contribution in [3.63, 3.8) is 0 Å². The van der Waals surface area contributed by atoms with Crippen LogP contribution in [0.4, 0.5) is 0 Å². The van der Waals surface area contributed by atoms with Crippen molar-refractivity contribution in [3.8, 4) is 28.3 Å². The van der Waals surface area contributed by atoms with E-state index in [1.807, 2.05) is 60.9 Å². The molecule has 1 aromatic heterocycles. The van der Waals surface area contributed by atoms with Gasteiger partial charge in [0.1, 0.15) is 5.75 Å². The van der Waals surface area contributed by atoms with E-state index in [-0.39, 0.29) is 19.0 Å². The van der Waals surface area contributed by atoms with Gasteiger partial charge in [-0.3, -0.25) is 9.59 Å². The fourth-order valence-electron chi connectivity index (χ4n) is 4.45. The number of likely N-dealkylation sites (tertiary alicyclic amines) is 1. The molecule has 0 aliphatic carbocycles. The van der Waals surface area contributed by atoms with Crippen LogP contribution in [0.5, 0.6) is 5.75 Å². The molecule has 2 heterocycles. The lowest BCUT2D eigenvalue weighted by Gasteiger charge is -2.38. The fraction of sp³-hybridized carbons (Fsp3) is 0.400. The van der Waals surface area contributed by atoms with Gasteiger partial charge >= 0.3 is 5.97 Å². The van der Waals surface area contributed by atoms with Gasteiger partial charge in [-0.25, -0.2) is 9.97 Å². The van der Waals surface area contributed by atoms with Gasteiger partial charge in [-0.05, 0) is 36.1 Å². The number of hydrogen-bond donors (Lipinski definition) is 2. The lowest BCUT2D eigenvalue weighted by molar-refractivity contribution is -0.153. The highest BCUT2D eigenvalue weighted by Gasteiger charge is 2.37. The first-order valence-corrected chi connectivity index (χ1v) is 13.4. The van der Waals surface area contributed by atoms with Gasteiger partial charge in [-0.1, -0.05) is 69.0 Å². The maximum Gasteiger partial charge on any atom is 0.310 e. The molecule has 200 valence electrons. The average molecular weight is 517 g/mol. The van der Waals surface area contributed by atoms with Crippen LogP contribution in [0.1, 0.15) is 44.6 Å². The Hall–Kier alpha value is -3.78. The number of aromatic nitrogens is 2. The first-order valence-electron chi connectivity index (χ1n) is 13.4. The van der Waals surface area contributed by atoms with Crippen LogP contribution in [0.2, 0.25) is 0 Å². The van der Waals surface area contributed by atoms with Crippen molar-refractivity contribution < 1.29 is 19.4 Å². The highest BCUT2D eigenvalue weighted by atomic mass is 16.5. The number of aliphatic carboxylic acids is 1. The molecule has 8 nitrogen and oxygen atoms in total. The molecule has 1 saturated heterocycles. The number of unbranched alkanes of at least 4 members (excludes halogenated alkanes) is 4. The molecule has 0 unspecified atom stereocenters. The molecular formula is C30H36N4O4. The minimum absolute atomic E-state index is 0.215. The van der Waals surface area contributed by atoms with E-state index in [9.17, 15) is 9.59 Å². The van der Waals surface area contributed by atoms with Crippen molar-refractivity contribution in [1.82, 2.24) is 14.9 Å². The SMILES string of the molecule is CCCCCCCOc1ccc(-c2cnc(-c3ccc(C[C@H](N)C(=O)N4CC(C(=O)O)C4)cc3)nc2)cc1. The second kappa shape index (κ2) is 13.1. The second-order valence-corrected chi connectivity index (χ2v) is 9.87. The third-order valence-corrected chi connectivity index (χ3v) is 6.88. The summed E-state index contributed by atoms with van der Waals surface area (Å²) in [5.41, 5.74) is 9.83. The van der Waals surface area contributed by atoms with Gasteiger partial charge < -0.3 is 20.5 Å². The van der Waals surface area contributed by atoms with Gasteiger partial charge in [-0.15, -0.1) is 0 Å². The maximum absolute atomic E-state index is 12.4. The first kappa shape index (κ1) is 27.3. The monoisotopic (exact) mass is 516 g/mol. The molecule has 0 bridgehead atoms. The summed E-state index contributed by atoms with van der Waals surface area (Å²) in [5.74, 6) is -0.0889. The summed E-state index contributed by atoms with van der Waals surface area (Å²) in [6.07, 6.45) is 10.1. The van der Waals surface area contributed by atoms with E-state index >= 15 is 0 Å². The number of hydrogen-bond acceptors (Lipinski definition) is 6. The highest BCUT2D eigenvalue weighted by molar-refractivity contribution is 5.85. The predicted molar refractivity (Wildman–Crippen MR) is 147 cm³/mol. The first-order chi connectivity index (χ1) is 18.4. The number of carbonyl (C=O) groups excluding carboxylic acids is 1. The van der Waals surface area contributed by atoms with Gasteiger partial charge in [-0.2, -0.15) is 0 Å². The topological polar surface area (TPSA) is 119 Å². The maximum atomic E-state index is 12.4. The molecule has 4 rings (SSSR count). The largest absolute Gasteiger partial charge is 0.494 e. The van der Waals surface area contributed by atoms with Crippen LogP contribution < -0.4 is 10.5 Å². The molecule has 1 fully saturated rings. The van der Waals surface area contributed by atoms with Gasteiger partial charge in [0.25, 0.3) is 0 Å². The third kappa shape index (κ3) is 7.16. The fourth-order valence-corrected chi connectivity index (χ4v) is 4.45. The van der Waals surface area contributed by atoms with Crippen molar-refractivity contribution in [2.24, 2.45) is 11.7 Å². The van der Waals surface area contributed by atoms with Gasteiger partial charge in [0.05, 0.1) is 18.6 Å². The van der Waals surface area contributed by atoms with E-state index in [1.54, 1.807) is 0 Å². The number of nitrogens with zero attached hydrogens (tertiary/aromatic N) is 3. The number of amides is 1. The normalized spacial score (nSPS) is 14.1. The Balaban J connectivity index is 1.27. The van der Waals surface area contributed by atoms with Gasteiger partial charge in [0.2, 0.25) is 5.91 Å². The highest BCUT2D eigenvalue weighted by Crippen LogP contribution is 2.24. The van der Waals surface area contributed by atoms with E-state index in [1.165, 1.54) is 30.6 Å². The quantitative estimate of drug-likeness (QED) is 0.319. The van der Waals surface area contributed by atoms with Crippen molar-refractivity contribution in [2.75, 3.05) is 19.7 Å². The van der Waals surface area contributed by atoms with Crippen LogP contribution in [0.25, 0.3) is 22.5 Å². The Bertz CT molecular complexity index is 1190. The molecule has 1 aliphatic rings. The molecule has 3 aromatic rings. The summed E-state index contributed by atoms with van der Waals surface area (Å²) >= 11 is 0. The van der Waals surface area contributed by atoms with Gasteiger partial charge in [0.15, 0.2) is 5.82 Å². The zero-order valence-corrected chi connectivity index (χ0v) is 21.9. The van der Waals surface area contributed by atoms with Gasteiger partial charge in [0, 0.05) is 36.6 Å². The van der Waals surface area contributed by atoms with Crippen LogP contribution in [0.3, 0.4) is 0 Å². The summed E-state index contributed by atoms with van der Waals surface area (Å²) in [4.78, 5) is 33.9. The average Bonchev–Trinajstić information content (AvgIpc) is 2.90. The summed E-state index contributed by atoms with van der Waals surface area (Å²) in [7, 11) is 0. The Labute approximate surface area is 223 Å². The van der Waals surface area contributed by atoms with E-state index in [0.717, 1.165) is 41.0 Å². The Morgan fingerprint density at radius 2 is 1.58 bits per heavy atom. The van der Waals surface area contributed by atoms with Crippen molar-refractivity contribution >= 4 is 11.9 Å². The number of carbonyl (C=O) groups is 2. The number of benzene rings is 2. The van der Waals surface area contributed by atoms with E-state index < -0.39 is 17.9 Å². The molecule has 0 saturated carbocycles. The lowest BCUT2D eigenvalue weighted by Crippen LogP contribution is -2.57. The zero-order valence-electron chi connectivity index (χ0n) is 21.9. The minimum Gasteiger partial charge on any atom is -0.494 e. The van der Waals surface area contributed by atoms with Crippen LogP contribution in [-0.4, -0.2) is 57.6 Å². The van der Waals surface area contributed by atoms with E-state index in [2.05, 4.69) is 16.9 Å². The van der Waals surface area contributed by atoms with Crippen LogP contribution in [0.15, 0.2) is 60.9 Å². The summed E-state index contributed by atoms with van der Waals surface area (Å²) in [6.45, 7) is 3.42. The summed E-state index contributed by atoms with van der Waals surface area (Å²) in [5, 5.41) is 8.98. The molecule has 1 atom stereocenters. The van der Waals surface area contributed by atoms with E-state index in [4.69, 9.17) is 15.6 Å². The summed E-state index contributed by atoms with van der Waals surface area (Å²) < 4.78 is 5.85. The standard InChI is InChI=1S/C30H36N4O4/c1-2-3-4-5-6-15-38-26-13-11-22(12-14-26)24-17-32-28(33-18-24)23-9-7-21(8-10-23)16-27(31)29(35)34-19-25(20-34)30(36)37/h7-14,17-18,25,27H,2-6,15-16,19-20,31H2,1H3,(H,36,37)/t27-/m0/s1. The smallest absolute Gasteiger partial charge is 0.310 e. The molecule has 0 radical (unpaired) electrons. The molecule has 3 N–H and O–H groups in total. The molecular weight excluding hydrogens is 480 g/mol. The molecule has 38 heavy (non-hydrogen) atoms.